The first kappa shape index (κ1) is 10.4. The third-order valence-electron chi connectivity index (χ3n) is 2.17. The first-order valence-electron chi connectivity index (χ1n) is 4.88. The molecule has 0 saturated heterocycles. The standard InChI is InChI=1S/C10H13N3O3/c11-6-3-8-9(16-2-1-15-8)4-7(6)13-5-10(12)14/h3-4,13H,1-2,5,11H2,(H2,12,14). The van der Waals surface area contributed by atoms with Gasteiger partial charge >= 0.3 is 0 Å². The number of amides is 1. The Kier molecular flexibility index (Phi) is 2.72. The van der Waals surface area contributed by atoms with Crippen molar-refractivity contribution >= 4 is 17.3 Å². The number of hydrogen-bond acceptors (Lipinski definition) is 5. The number of benzene rings is 1. The van der Waals surface area contributed by atoms with Crippen molar-refractivity contribution in [2.24, 2.45) is 5.73 Å². The topological polar surface area (TPSA) is 99.6 Å². The van der Waals surface area contributed by atoms with Crippen molar-refractivity contribution in [1.29, 1.82) is 0 Å². The normalized spacial score (nSPS) is 13.2. The quantitative estimate of drug-likeness (QED) is 0.623. The largest absolute Gasteiger partial charge is 0.486 e. The number of fused-ring (bicyclic) bond motifs is 1. The van der Waals surface area contributed by atoms with E-state index in [1.165, 1.54) is 0 Å². The second kappa shape index (κ2) is 4.18. The Labute approximate surface area is 92.5 Å². The Morgan fingerprint density at radius 2 is 1.94 bits per heavy atom. The zero-order chi connectivity index (χ0) is 11.5. The summed E-state index contributed by atoms with van der Waals surface area (Å²) in [6.07, 6.45) is 0. The summed E-state index contributed by atoms with van der Waals surface area (Å²) in [5.41, 5.74) is 11.9. The highest BCUT2D eigenvalue weighted by atomic mass is 16.6. The molecule has 1 aromatic rings. The van der Waals surface area contributed by atoms with Crippen LogP contribution in [0.5, 0.6) is 11.5 Å². The van der Waals surface area contributed by atoms with E-state index in [9.17, 15) is 4.79 Å². The summed E-state index contributed by atoms with van der Waals surface area (Å²) in [6.45, 7) is 1.05. The van der Waals surface area contributed by atoms with Crippen LogP contribution in [-0.4, -0.2) is 25.7 Å². The van der Waals surface area contributed by atoms with E-state index in [1.54, 1.807) is 12.1 Å². The van der Waals surface area contributed by atoms with Gasteiger partial charge in [-0.25, -0.2) is 0 Å². The van der Waals surface area contributed by atoms with Crippen LogP contribution in [0.25, 0.3) is 0 Å². The molecule has 6 heteroatoms. The molecule has 86 valence electrons. The summed E-state index contributed by atoms with van der Waals surface area (Å²) in [4.78, 5) is 10.6. The molecule has 0 bridgehead atoms. The number of ether oxygens (including phenoxy) is 2. The lowest BCUT2D eigenvalue weighted by atomic mass is 10.2. The van der Waals surface area contributed by atoms with Crippen LogP contribution >= 0.6 is 0 Å². The molecule has 16 heavy (non-hydrogen) atoms. The summed E-state index contributed by atoms with van der Waals surface area (Å²) in [5, 5.41) is 2.83. The predicted molar refractivity (Wildman–Crippen MR) is 59.5 cm³/mol. The van der Waals surface area contributed by atoms with Crippen molar-refractivity contribution in [3.8, 4) is 11.5 Å². The van der Waals surface area contributed by atoms with Gasteiger partial charge in [0.25, 0.3) is 0 Å². The van der Waals surface area contributed by atoms with Crippen LogP contribution in [0.4, 0.5) is 11.4 Å². The SMILES string of the molecule is NC(=O)CNc1cc2c(cc1N)OCCO2. The number of hydrogen-bond donors (Lipinski definition) is 3. The molecule has 0 aromatic heterocycles. The third kappa shape index (κ3) is 2.10. The minimum Gasteiger partial charge on any atom is -0.486 e. The van der Waals surface area contributed by atoms with Gasteiger partial charge in [-0.3, -0.25) is 4.79 Å². The molecule has 6 nitrogen and oxygen atoms in total. The molecule has 1 amide bonds. The number of anilines is 2. The molecular weight excluding hydrogens is 210 g/mol. The third-order valence-corrected chi connectivity index (χ3v) is 2.17. The van der Waals surface area contributed by atoms with Gasteiger partial charge in [-0.15, -0.1) is 0 Å². The lowest BCUT2D eigenvalue weighted by Crippen LogP contribution is -2.22. The van der Waals surface area contributed by atoms with E-state index < -0.39 is 5.91 Å². The molecule has 0 saturated carbocycles. The number of rotatable bonds is 3. The van der Waals surface area contributed by atoms with E-state index in [1.807, 2.05) is 0 Å². The molecule has 0 fully saturated rings. The van der Waals surface area contributed by atoms with Crippen molar-refractivity contribution in [1.82, 2.24) is 0 Å². The van der Waals surface area contributed by atoms with Crippen LogP contribution in [0.2, 0.25) is 0 Å². The molecule has 0 radical (unpaired) electrons. The Bertz CT molecular complexity index is 420. The number of carbonyl (C=O) groups is 1. The van der Waals surface area contributed by atoms with Gasteiger partial charge < -0.3 is 26.3 Å². The zero-order valence-electron chi connectivity index (χ0n) is 8.66. The van der Waals surface area contributed by atoms with Crippen LogP contribution in [0.3, 0.4) is 0 Å². The zero-order valence-corrected chi connectivity index (χ0v) is 8.66. The van der Waals surface area contributed by atoms with Crippen LogP contribution < -0.4 is 26.3 Å². The monoisotopic (exact) mass is 223 g/mol. The molecule has 0 atom stereocenters. The van der Waals surface area contributed by atoms with E-state index in [2.05, 4.69) is 5.32 Å². The van der Waals surface area contributed by atoms with Crippen LogP contribution in [0.1, 0.15) is 0 Å². The van der Waals surface area contributed by atoms with E-state index in [-0.39, 0.29) is 6.54 Å². The maximum atomic E-state index is 10.6. The fraction of sp³-hybridized carbons (Fsp3) is 0.300. The molecular formula is C10H13N3O3. The summed E-state index contributed by atoms with van der Waals surface area (Å²) in [7, 11) is 0. The fourth-order valence-electron chi connectivity index (χ4n) is 1.44. The first-order valence-corrected chi connectivity index (χ1v) is 4.88. The summed E-state index contributed by atoms with van der Waals surface area (Å²) >= 11 is 0. The Morgan fingerprint density at radius 1 is 1.31 bits per heavy atom. The molecule has 5 N–H and O–H groups in total. The van der Waals surface area contributed by atoms with Crippen molar-refractivity contribution in [2.75, 3.05) is 30.8 Å². The summed E-state index contributed by atoms with van der Waals surface area (Å²) in [5.74, 6) is 0.787. The number of nitrogen functional groups attached to an aromatic ring is 1. The smallest absolute Gasteiger partial charge is 0.236 e. The van der Waals surface area contributed by atoms with Gasteiger partial charge in [0.15, 0.2) is 11.5 Å². The van der Waals surface area contributed by atoms with Gasteiger partial charge in [0.1, 0.15) is 13.2 Å². The maximum absolute atomic E-state index is 10.6. The first-order chi connectivity index (χ1) is 7.66. The van der Waals surface area contributed by atoms with E-state index in [0.717, 1.165) is 0 Å². The minimum atomic E-state index is -0.450. The Balaban J connectivity index is 2.21. The van der Waals surface area contributed by atoms with Crippen LogP contribution in [0, 0.1) is 0 Å². The average molecular weight is 223 g/mol. The predicted octanol–water partition coefficient (Wildman–Crippen LogP) is -0.0628. The number of nitrogens with one attached hydrogen (secondary N) is 1. The van der Waals surface area contributed by atoms with E-state index >= 15 is 0 Å². The van der Waals surface area contributed by atoms with Crippen molar-refractivity contribution < 1.29 is 14.3 Å². The van der Waals surface area contributed by atoms with Gasteiger partial charge in [-0.2, -0.15) is 0 Å². The molecule has 1 heterocycles. The average Bonchev–Trinajstić information content (AvgIpc) is 2.26. The molecule has 1 aliphatic heterocycles. The highest BCUT2D eigenvalue weighted by Crippen LogP contribution is 2.36. The van der Waals surface area contributed by atoms with Gasteiger partial charge in [0.05, 0.1) is 17.9 Å². The second-order valence-corrected chi connectivity index (χ2v) is 3.40. The van der Waals surface area contributed by atoms with Crippen LogP contribution in [0.15, 0.2) is 12.1 Å². The molecule has 0 aliphatic carbocycles. The summed E-state index contributed by atoms with van der Waals surface area (Å²) < 4.78 is 10.7. The summed E-state index contributed by atoms with van der Waals surface area (Å²) in [6, 6.07) is 3.37. The van der Waals surface area contributed by atoms with Gasteiger partial charge in [-0.1, -0.05) is 0 Å². The van der Waals surface area contributed by atoms with Gasteiger partial charge in [-0.05, 0) is 0 Å². The number of nitrogens with two attached hydrogens (primary N) is 2. The Hall–Kier alpha value is -2.11. The Morgan fingerprint density at radius 3 is 2.56 bits per heavy atom. The number of primary amides is 1. The molecule has 0 unspecified atom stereocenters. The van der Waals surface area contributed by atoms with E-state index in [0.29, 0.717) is 36.1 Å². The van der Waals surface area contributed by atoms with Crippen LogP contribution in [-0.2, 0) is 4.79 Å². The molecule has 0 spiro atoms. The van der Waals surface area contributed by atoms with Gasteiger partial charge in [0, 0.05) is 12.1 Å². The van der Waals surface area contributed by atoms with E-state index in [4.69, 9.17) is 20.9 Å². The lowest BCUT2D eigenvalue weighted by Gasteiger charge is -2.20. The second-order valence-electron chi connectivity index (χ2n) is 3.40. The lowest BCUT2D eigenvalue weighted by molar-refractivity contribution is -0.116. The maximum Gasteiger partial charge on any atom is 0.236 e. The molecule has 1 aromatic carbocycles. The molecule has 1 aliphatic rings. The fourth-order valence-corrected chi connectivity index (χ4v) is 1.44. The highest BCUT2D eigenvalue weighted by Gasteiger charge is 2.14. The van der Waals surface area contributed by atoms with Crippen molar-refractivity contribution in [3.05, 3.63) is 12.1 Å². The highest BCUT2D eigenvalue weighted by molar-refractivity contribution is 5.81. The minimum absolute atomic E-state index is 0.0316. The number of carbonyl (C=O) groups excluding carboxylic acids is 1. The molecule has 2 rings (SSSR count). The van der Waals surface area contributed by atoms with Crippen molar-refractivity contribution in [3.63, 3.8) is 0 Å². The van der Waals surface area contributed by atoms with Gasteiger partial charge in [0.2, 0.25) is 5.91 Å². The van der Waals surface area contributed by atoms with Crippen molar-refractivity contribution in [2.45, 2.75) is 0 Å².